The highest BCUT2D eigenvalue weighted by Crippen LogP contribution is 2.23. The molecule has 0 fully saturated rings. The minimum atomic E-state index is 0.0814. The van der Waals surface area contributed by atoms with Crippen LogP contribution < -0.4 is 0 Å². The zero-order chi connectivity index (χ0) is 13.9. The third kappa shape index (κ3) is 2.36. The van der Waals surface area contributed by atoms with E-state index in [0.29, 0.717) is 0 Å². The molecule has 0 amide bonds. The second kappa shape index (κ2) is 5.09. The van der Waals surface area contributed by atoms with Gasteiger partial charge in [0.15, 0.2) is 5.78 Å². The van der Waals surface area contributed by atoms with Crippen molar-refractivity contribution in [1.29, 1.82) is 0 Å². The van der Waals surface area contributed by atoms with E-state index in [-0.39, 0.29) is 5.78 Å². The number of H-pyrrole nitrogens is 1. The van der Waals surface area contributed by atoms with Crippen LogP contribution >= 0.6 is 0 Å². The molecule has 4 heteroatoms. The molecule has 1 N–H and O–H groups in total. The van der Waals surface area contributed by atoms with Crippen LogP contribution in [0.4, 0.5) is 0 Å². The number of hydrogen-bond acceptors (Lipinski definition) is 3. The minimum Gasteiger partial charge on any atom is -0.295 e. The van der Waals surface area contributed by atoms with Gasteiger partial charge < -0.3 is 0 Å². The van der Waals surface area contributed by atoms with Crippen molar-refractivity contribution in [2.24, 2.45) is 0 Å². The Labute approximate surface area is 116 Å². The Bertz CT molecular complexity index is 713. The van der Waals surface area contributed by atoms with E-state index in [4.69, 9.17) is 0 Å². The van der Waals surface area contributed by atoms with Gasteiger partial charge in [-0.25, -0.2) is 0 Å². The first-order valence-corrected chi connectivity index (χ1v) is 6.32. The van der Waals surface area contributed by atoms with Gasteiger partial charge in [-0.2, -0.15) is 0 Å². The number of nitrogens with zero attached hydrogens (tertiary/aromatic N) is 2. The highest BCUT2D eigenvalue weighted by atomic mass is 16.1. The monoisotopic (exact) mass is 263 g/mol. The summed E-state index contributed by atoms with van der Waals surface area (Å²) in [6.45, 7) is 1.57. The van der Waals surface area contributed by atoms with Crippen LogP contribution in [0, 0.1) is 0 Å². The lowest BCUT2D eigenvalue weighted by molar-refractivity contribution is 0.101. The lowest BCUT2D eigenvalue weighted by Crippen LogP contribution is -1.90. The Morgan fingerprint density at radius 3 is 1.95 bits per heavy atom. The molecule has 0 aliphatic rings. The zero-order valence-electron chi connectivity index (χ0n) is 11.0. The molecule has 4 nitrogen and oxygen atoms in total. The lowest BCUT2D eigenvalue weighted by atomic mass is 10.0. The molecule has 3 aromatic rings. The standard InChI is InChI=1S/C16H13N3O/c1-11(20)12-2-4-13(5-3-12)14-6-8-15(9-7-14)16-10-17-19-18-16/h2-10H,1H3,(H,17,18,19). The number of aromatic amines is 1. The van der Waals surface area contributed by atoms with Gasteiger partial charge in [0.25, 0.3) is 0 Å². The molecule has 0 saturated heterocycles. The van der Waals surface area contributed by atoms with Crippen molar-refractivity contribution in [2.75, 3.05) is 0 Å². The molecule has 98 valence electrons. The molecule has 0 spiro atoms. The summed E-state index contributed by atoms with van der Waals surface area (Å²) in [5, 5.41) is 10.4. The van der Waals surface area contributed by atoms with Gasteiger partial charge in [-0.15, -0.1) is 5.10 Å². The third-order valence-electron chi connectivity index (χ3n) is 3.22. The topological polar surface area (TPSA) is 58.6 Å². The maximum Gasteiger partial charge on any atom is 0.159 e. The van der Waals surface area contributed by atoms with Crippen molar-refractivity contribution in [3.05, 3.63) is 60.3 Å². The fourth-order valence-corrected chi connectivity index (χ4v) is 2.07. The summed E-state index contributed by atoms with van der Waals surface area (Å²) in [6.07, 6.45) is 1.76. The van der Waals surface area contributed by atoms with E-state index in [2.05, 4.69) is 15.4 Å². The predicted octanol–water partition coefficient (Wildman–Crippen LogP) is 3.34. The second-order valence-electron chi connectivity index (χ2n) is 4.57. The quantitative estimate of drug-likeness (QED) is 0.737. The van der Waals surface area contributed by atoms with Crippen LogP contribution in [0.1, 0.15) is 17.3 Å². The van der Waals surface area contributed by atoms with Gasteiger partial charge in [0.2, 0.25) is 0 Å². The van der Waals surface area contributed by atoms with E-state index in [0.717, 1.165) is 27.9 Å². The van der Waals surface area contributed by atoms with E-state index < -0.39 is 0 Å². The van der Waals surface area contributed by atoms with Crippen molar-refractivity contribution in [1.82, 2.24) is 15.4 Å². The average molecular weight is 263 g/mol. The smallest absolute Gasteiger partial charge is 0.159 e. The van der Waals surface area contributed by atoms with Crippen LogP contribution in [0.25, 0.3) is 22.4 Å². The Morgan fingerprint density at radius 1 is 0.900 bits per heavy atom. The molecule has 0 unspecified atom stereocenters. The Morgan fingerprint density at radius 2 is 1.45 bits per heavy atom. The lowest BCUT2D eigenvalue weighted by Gasteiger charge is -2.04. The highest BCUT2D eigenvalue weighted by Gasteiger charge is 2.03. The van der Waals surface area contributed by atoms with Crippen LogP contribution in [0.15, 0.2) is 54.7 Å². The fourth-order valence-electron chi connectivity index (χ4n) is 2.07. The fraction of sp³-hybridized carbons (Fsp3) is 0.0625. The molecule has 0 aliphatic heterocycles. The molecule has 0 aliphatic carbocycles. The van der Waals surface area contributed by atoms with Crippen LogP contribution in [0.3, 0.4) is 0 Å². The molecule has 0 atom stereocenters. The van der Waals surface area contributed by atoms with E-state index in [1.165, 1.54) is 0 Å². The number of benzene rings is 2. The molecule has 1 aromatic heterocycles. The van der Waals surface area contributed by atoms with E-state index in [1.807, 2.05) is 48.5 Å². The van der Waals surface area contributed by atoms with Gasteiger partial charge >= 0.3 is 0 Å². The molecule has 0 radical (unpaired) electrons. The van der Waals surface area contributed by atoms with Gasteiger partial charge in [-0.3, -0.25) is 9.89 Å². The Kier molecular flexibility index (Phi) is 3.13. The van der Waals surface area contributed by atoms with Crippen LogP contribution in [0.2, 0.25) is 0 Å². The second-order valence-corrected chi connectivity index (χ2v) is 4.57. The van der Waals surface area contributed by atoms with Gasteiger partial charge in [0.1, 0.15) is 5.69 Å². The SMILES string of the molecule is CC(=O)c1ccc(-c2ccc(-c3c[nH]nn3)cc2)cc1. The normalized spacial score (nSPS) is 10.4. The largest absolute Gasteiger partial charge is 0.295 e. The first kappa shape index (κ1) is 12.3. The van der Waals surface area contributed by atoms with Crippen LogP contribution in [0.5, 0.6) is 0 Å². The maximum atomic E-state index is 11.3. The number of nitrogens with one attached hydrogen (secondary N) is 1. The van der Waals surface area contributed by atoms with Crippen LogP contribution in [-0.4, -0.2) is 21.2 Å². The number of carbonyl (C=O) groups is 1. The Hall–Kier alpha value is -2.75. The number of hydrogen-bond donors (Lipinski definition) is 1. The zero-order valence-corrected chi connectivity index (χ0v) is 11.0. The number of rotatable bonds is 3. The molecular formula is C16H13N3O. The van der Waals surface area contributed by atoms with Crippen molar-refractivity contribution < 1.29 is 4.79 Å². The molecule has 0 bridgehead atoms. The average Bonchev–Trinajstić information content (AvgIpc) is 3.02. The summed E-state index contributed by atoms with van der Waals surface area (Å²) in [5.74, 6) is 0.0814. The highest BCUT2D eigenvalue weighted by molar-refractivity contribution is 5.94. The van der Waals surface area contributed by atoms with Crippen LogP contribution in [-0.2, 0) is 0 Å². The number of aromatic nitrogens is 3. The first-order chi connectivity index (χ1) is 9.74. The Balaban J connectivity index is 1.89. The summed E-state index contributed by atoms with van der Waals surface area (Å²) in [7, 11) is 0. The van der Waals surface area contributed by atoms with E-state index in [9.17, 15) is 4.79 Å². The molecule has 1 heterocycles. The van der Waals surface area contributed by atoms with Gasteiger partial charge in [-0.1, -0.05) is 53.7 Å². The maximum absolute atomic E-state index is 11.3. The molecule has 20 heavy (non-hydrogen) atoms. The summed E-state index contributed by atoms with van der Waals surface area (Å²) >= 11 is 0. The molecule has 3 rings (SSSR count). The van der Waals surface area contributed by atoms with Gasteiger partial charge in [0, 0.05) is 17.3 Å². The number of carbonyl (C=O) groups excluding carboxylic acids is 1. The molecule has 0 saturated carbocycles. The van der Waals surface area contributed by atoms with E-state index in [1.54, 1.807) is 13.1 Å². The summed E-state index contributed by atoms with van der Waals surface area (Å²) in [6, 6.07) is 15.7. The summed E-state index contributed by atoms with van der Waals surface area (Å²) in [5.41, 5.74) is 4.76. The predicted molar refractivity (Wildman–Crippen MR) is 77.3 cm³/mol. The molecule has 2 aromatic carbocycles. The van der Waals surface area contributed by atoms with Crippen molar-refractivity contribution in [3.63, 3.8) is 0 Å². The number of ketones is 1. The third-order valence-corrected chi connectivity index (χ3v) is 3.22. The summed E-state index contributed by atoms with van der Waals surface area (Å²) < 4.78 is 0. The first-order valence-electron chi connectivity index (χ1n) is 6.32. The van der Waals surface area contributed by atoms with Gasteiger partial charge in [0.05, 0.1) is 0 Å². The van der Waals surface area contributed by atoms with Gasteiger partial charge in [-0.05, 0) is 18.1 Å². The van der Waals surface area contributed by atoms with Crippen molar-refractivity contribution in [3.8, 4) is 22.4 Å². The minimum absolute atomic E-state index is 0.0814. The van der Waals surface area contributed by atoms with E-state index >= 15 is 0 Å². The number of Topliss-reactive ketones (excluding diaryl/α,β-unsaturated/α-hetero) is 1. The molecular weight excluding hydrogens is 250 g/mol. The summed E-state index contributed by atoms with van der Waals surface area (Å²) in [4.78, 5) is 11.3. The van der Waals surface area contributed by atoms with Crippen molar-refractivity contribution >= 4 is 5.78 Å². The van der Waals surface area contributed by atoms with Crippen molar-refractivity contribution in [2.45, 2.75) is 6.92 Å².